The number of Topliss-reactive ketones (excluding diaryl/α,β-unsaturated/α-hetero) is 1. The minimum Gasteiger partial charge on any atom is -0.469 e. The molecule has 11 atom stereocenters. The second kappa shape index (κ2) is 28.4. The lowest BCUT2D eigenvalue weighted by Gasteiger charge is -2.72. The molecule has 1 heterocycles. The van der Waals surface area contributed by atoms with Gasteiger partial charge in [-0.2, -0.15) is 0 Å². The van der Waals surface area contributed by atoms with Gasteiger partial charge in [0.2, 0.25) is 0 Å². The molecular weight excluding hydrogens is 991 g/mol. The number of ketones is 1. The maximum Gasteiger partial charge on any atom is 0.408 e. The maximum atomic E-state index is 15.8. The van der Waals surface area contributed by atoms with Crippen LogP contribution >= 0.6 is 0 Å². The number of carbonyl (C=O) groups is 6. The van der Waals surface area contributed by atoms with Crippen molar-refractivity contribution in [3.8, 4) is 0 Å². The molecule has 2 aromatic rings. The summed E-state index contributed by atoms with van der Waals surface area (Å²) in [5.74, 6) is -3.84. The molecule has 2 bridgehead atoms. The Labute approximate surface area is 458 Å². The fourth-order valence-electron chi connectivity index (χ4n) is 11.2. The first-order valence-electron chi connectivity index (χ1n) is 26.3. The van der Waals surface area contributed by atoms with Crippen molar-refractivity contribution in [2.75, 3.05) is 41.2 Å². The van der Waals surface area contributed by atoms with Gasteiger partial charge in [0.25, 0.3) is 0 Å². The van der Waals surface area contributed by atoms with Crippen molar-refractivity contribution in [2.45, 2.75) is 183 Å². The third-order valence-corrected chi connectivity index (χ3v) is 15.3. The fraction of sp³-hybridized carbons (Fsp3) is 0.633. The van der Waals surface area contributed by atoms with E-state index in [1.807, 2.05) is 19.9 Å². The first-order chi connectivity index (χ1) is 35.7. The standard InChI is InChI=1S/C47H61NO13.C6H12O.C4H8O2.C2H6.CH4/c1-26-31(58-38(51)27(2)35(29-19-15-13-16-20-29)48-41(53)61-42(4,5)6)24-46(54)40(59-39(52)30-21-17-14-18-22-30)45(10)44(9,37(50)36(56-12)34(26)43(46,7)8)32(55-11)23-33-47(45,25-57-33)60-28(3)49;1-3-5-7-6-4-2;1-3-4(5)6-2;1-2;/h13-22,27,31-33,35-36,40,54H,23-25H2,1-12H3,(H,48,53);3H,1,4-6H2,2H3;3H2,1-2H3;1-2H3;1H4/t27-,31+,32+,33-,35-,36-,40+,44+,45+,46-,47+;;;;/m1..../s1. The number of methoxy groups -OCH3 is 3. The van der Waals surface area contributed by atoms with Crippen LogP contribution in [0.25, 0.3) is 0 Å². The highest BCUT2D eigenvalue weighted by Gasteiger charge is 2.84. The van der Waals surface area contributed by atoms with Crippen LogP contribution in [0.15, 0.2) is 84.5 Å². The molecule has 17 heteroatoms. The number of hydrogen-bond acceptors (Lipinski definition) is 16. The molecule has 0 radical (unpaired) electrons. The van der Waals surface area contributed by atoms with E-state index in [-0.39, 0.29) is 38.4 Å². The molecule has 1 saturated heterocycles. The van der Waals surface area contributed by atoms with Crippen LogP contribution in [-0.2, 0) is 61.8 Å². The molecule has 2 saturated carbocycles. The van der Waals surface area contributed by atoms with Crippen LogP contribution in [0.1, 0.15) is 152 Å². The third-order valence-electron chi connectivity index (χ3n) is 15.3. The molecule has 3 fully saturated rings. The van der Waals surface area contributed by atoms with E-state index in [0.717, 1.165) is 13.0 Å². The summed E-state index contributed by atoms with van der Waals surface area (Å²) in [5.41, 5.74) is -7.93. The van der Waals surface area contributed by atoms with Crippen LogP contribution in [0, 0.1) is 22.2 Å². The van der Waals surface area contributed by atoms with Crippen LogP contribution in [0.5, 0.6) is 0 Å². The first kappa shape index (κ1) is 67.6. The van der Waals surface area contributed by atoms with Crippen molar-refractivity contribution in [2.24, 2.45) is 22.2 Å². The average Bonchev–Trinajstić information content (AvgIpc) is 3.38. The smallest absolute Gasteiger partial charge is 0.408 e. The molecule has 2 aromatic carbocycles. The van der Waals surface area contributed by atoms with Crippen molar-refractivity contribution < 1.29 is 76.5 Å². The van der Waals surface area contributed by atoms with Gasteiger partial charge < -0.3 is 53.1 Å². The van der Waals surface area contributed by atoms with Crippen molar-refractivity contribution in [3.63, 3.8) is 0 Å². The Hall–Kier alpha value is -5.46. The van der Waals surface area contributed by atoms with Crippen LogP contribution in [0.3, 0.4) is 0 Å². The Morgan fingerprint density at radius 3 is 1.96 bits per heavy atom. The topological polar surface area (TPSA) is 218 Å². The van der Waals surface area contributed by atoms with E-state index in [9.17, 15) is 29.1 Å². The zero-order chi connectivity index (χ0) is 57.6. The van der Waals surface area contributed by atoms with E-state index in [0.29, 0.717) is 29.7 Å². The molecule has 1 amide bonds. The van der Waals surface area contributed by atoms with Gasteiger partial charge in [-0.15, -0.1) is 6.58 Å². The Bertz CT molecular complexity index is 2320. The van der Waals surface area contributed by atoms with E-state index < -0.39 is 105 Å². The predicted octanol–water partition coefficient (Wildman–Crippen LogP) is 10.1. The largest absolute Gasteiger partial charge is 0.469 e. The number of rotatable bonds is 15. The minimum absolute atomic E-state index is 0. The maximum absolute atomic E-state index is 15.8. The van der Waals surface area contributed by atoms with E-state index in [1.54, 1.807) is 130 Å². The van der Waals surface area contributed by atoms with E-state index >= 15 is 4.79 Å². The molecule has 0 unspecified atom stereocenters. The molecule has 0 spiro atoms. The van der Waals surface area contributed by atoms with Gasteiger partial charge in [-0.3, -0.25) is 19.2 Å². The van der Waals surface area contributed by atoms with Gasteiger partial charge >= 0.3 is 30.0 Å². The number of nitrogens with one attached hydrogen (secondary N) is 1. The van der Waals surface area contributed by atoms with E-state index in [2.05, 4.69) is 23.6 Å². The minimum atomic E-state index is -2.18. The number of aliphatic hydroxyl groups is 1. The number of alkyl carbamates (subject to hydrolysis) is 1. The molecule has 3 aliphatic carbocycles. The summed E-state index contributed by atoms with van der Waals surface area (Å²) in [6.45, 7) is 29.3. The summed E-state index contributed by atoms with van der Waals surface area (Å²) in [6.07, 6.45) is -3.53. The summed E-state index contributed by atoms with van der Waals surface area (Å²) < 4.78 is 52.6. The van der Waals surface area contributed by atoms with Crippen LogP contribution in [-0.4, -0.2) is 129 Å². The Morgan fingerprint density at radius 2 is 1.51 bits per heavy atom. The third kappa shape index (κ3) is 13.9. The quantitative estimate of drug-likeness (QED) is 0.0734. The van der Waals surface area contributed by atoms with Gasteiger partial charge in [0.15, 0.2) is 11.4 Å². The van der Waals surface area contributed by atoms with Crippen LogP contribution in [0.4, 0.5) is 4.79 Å². The molecule has 17 nitrogen and oxygen atoms in total. The lowest BCUT2D eigenvalue weighted by atomic mass is 9.38. The van der Waals surface area contributed by atoms with E-state index in [4.69, 9.17) is 37.9 Å². The summed E-state index contributed by atoms with van der Waals surface area (Å²) in [5, 5.41) is 16.8. The number of carbonyl (C=O) groups excluding carboxylic acids is 6. The lowest BCUT2D eigenvalue weighted by Crippen LogP contribution is -2.86. The molecule has 6 rings (SSSR count). The average molecular weight is 1080 g/mol. The van der Waals surface area contributed by atoms with Crippen LogP contribution in [0.2, 0.25) is 0 Å². The zero-order valence-electron chi connectivity index (χ0n) is 48.1. The molecule has 1 aliphatic heterocycles. The Balaban J connectivity index is 0.00000112. The predicted molar refractivity (Wildman–Crippen MR) is 293 cm³/mol. The summed E-state index contributed by atoms with van der Waals surface area (Å²) in [6, 6.07) is 16.3. The number of amides is 1. The highest BCUT2D eigenvalue weighted by molar-refractivity contribution is 5.95. The van der Waals surface area contributed by atoms with Crippen molar-refractivity contribution in [1.82, 2.24) is 5.32 Å². The van der Waals surface area contributed by atoms with Gasteiger partial charge in [-0.05, 0) is 76.8 Å². The van der Waals surface area contributed by atoms with Crippen molar-refractivity contribution in [1.29, 1.82) is 0 Å². The molecular formula is C60H91NO16. The number of ether oxygens (including phenoxy) is 9. The number of fused-ring (bicyclic) bond motifs is 5. The molecule has 2 N–H and O–H groups in total. The van der Waals surface area contributed by atoms with Crippen molar-refractivity contribution >= 4 is 35.8 Å². The number of hydrogen-bond donors (Lipinski definition) is 2. The van der Waals surface area contributed by atoms with Crippen LogP contribution < -0.4 is 5.32 Å². The fourth-order valence-corrected chi connectivity index (χ4v) is 11.2. The lowest BCUT2D eigenvalue weighted by molar-refractivity contribution is -0.381. The summed E-state index contributed by atoms with van der Waals surface area (Å²) in [7, 11) is 4.24. The van der Waals surface area contributed by atoms with Gasteiger partial charge in [0.05, 0.1) is 54.8 Å². The van der Waals surface area contributed by atoms with Gasteiger partial charge in [-0.25, -0.2) is 9.59 Å². The second-order valence-electron chi connectivity index (χ2n) is 21.2. The summed E-state index contributed by atoms with van der Waals surface area (Å²) in [4.78, 5) is 81.1. The zero-order valence-corrected chi connectivity index (χ0v) is 48.1. The van der Waals surface area contributed by atoms with Crippen molar-refractivity contribution in [3.05, 3.63) is 95.6 Å². The summed E-state index contributed by atoms with van der Waals surface area (Å²) >= 11 is 0. The highest BCUT2D eigenvalue weighted by Crippen LogP contribution is 2.70. The van der Waals surface area contributed by atoms with Gasteiger partial charge in [-0.1, -0.05) is 110 Å². The number of esters is 4. The molecule has 77 heavy (non-hydrogen) atoms. The SMILES string of the molecule is C.C=CCOCCC.CC.CCC(=O)OC.CO[C@H]1C(=O)[C@]2(C)[C@@H](OC)C[C@H]3OC[C@@]3(OC(C)=O)[C@@]2(C)[C@H](OC(=O)c2ccccc2)[C@]2(O)C[C@H](OC(=O)[C@H](C)[C@@H](NC(=O)OC(C)(C)C)c3ccccc3)C(C)=C1C2(C)C. The second-order valence-corrected chi connectivity index (χ2v) is 21.2. The number of benzene rings is 2. The van der Waals surface area contributed by atoms with Gasteiger partial charge in [0, 0.05) is 52.4 Å². The van der Waals surface area contributed by atoms with Gasteiger partial charge in [0.1, 0.15) is 35.6 Å². The Morgan fingerprint density at radius 1 is 0.922 bits per heavy atom. The molecule has 432 valence electrons. The highest BCUT2D eigenvalue weighted by atomic mass is 16.6. The molecule has 4 aliphatic rings. The Kier molecular flexibility index (Phi) is 25.0. The first-order valence-corrected chi connectivity index (χ1v) is 26.3. The van der Waals surface area contributed by atoms with E-state index in [1.165, 1.54) is 28.3 Å². The molecule has 0 aromatic heterocycles. The monoisotopic (exact) mass is 1080 g/mol. The normalized spacial score (nSPS) is 28.3.